The minimum absolute atomic E-state index is 0.0481. The molecule has 300 valence electrons. The third-order valence-corrected chi connectivity index (χ3v) is 13.4. The van der Waals surface area contributed by atoms with Gasteiger partial charge in [0.15, 0.2) is 12.4 Å². The van der Waals surface area contributed by atoms with Gasteiger partial charge in [-0.15, -0.1) is 0 Å². The highest BCUT2D eigenvalue weighted by molar-refractivity contribution is 6.76. The van der Waals surface area contributed by atoms with Gasteiger partial charge in [-0.3, -0.25) is 4.90 Å². The van der Waals surface area contributed by atoms with Crippen LogP contribution in [0.5, 0.6) is 11.8 Å². The zero-order valence-electron chi connectivity index (χ0n) is 33.0. The lowest BCUT2D eigenvalue weighted by Crippen LogP contribution is -2.70. The molecule has 0 saturated carbocycles. The molecule has 9 rings (SSSR count). The Morgan fingerprint density at radius 1 is 1.05 bits per heavy atom. The zero-order valence-corrected chi connectivity index (χ0v) is 34.8. The first-order valence-corrected chi connectivity index (χ1v) is 23.7. The summed E-state index contributed by atoms with van der Waals surface area (Å²) < 4.78 is 55.3. The van der Waals surface area contributed by atoms with Crippen LogP contribution < -0.4 is 14.4 Å². The van der Waals surface area contributed by atoms with Crippen molar-refractivity contribution in [1.29, 1.82) is 0 Å². The highest BCUT2D eigenvalue weighted by Crippen LogP contribution is 2.44. The Morgan fingerprint density at radius 3 is 2.59 bits per heavy atom. The predicted molar refractivity (Wildman–Crippen MR) is 216 cm³/mol. The van der Waals surface area contributed by atoms with Gasteiger partial charge in [-0.2, -0.15) is 9.97 Å². The van der Waals surface area contributed by atoms with Gasteiger partial charge in [0.25, 0.3) is 0 Å². The van der Waals surface area contributed by atoms with Crippen LogP contribution in [-0.2, 0) is 9.47 Å². The van der Waals surface area contributed by atoms with Crippen LogP contribution in [0.2, 0.25) is 30.7 Å². The van der Waals surface area contributed by atoms with Crippen LogP contribution in [0.15, 0.2) is 36.4 Å². The monoisotopic (exact) mass is 808 g/mol. The van der Waals surface area contributed by atoms with E-state index in [0.29, 0.717) is 65.6 Å². The highest BCUT2D eigenvalue weighted by Gasteiger charge is 2.50. The lowest BCUT2D eigenvalue weighted by Gasteiger charge is -2.56. The zero-order chi connectivity index (χ0) is 39.6. The molecule has 56 heavy (non-hydrogen) atoms. The number of hydrogen-bond acceptors (Lipinski definition) is 10. The number of pyridine rings is 1. The Balaban J connectivity index is 1.16. The van der Waals surface area contributed by atoms with E-state index in [1.165, 1.54) is 6.07 Å². The number of ether oxygens (including phenoxy) is 4. The summed E-state index contributed by atoms with van der Waals surface area (Å²) in [5.41, 5.74) is -0.303. The van der Waals surface area contributed by atoms with Crippen molar-refractivity contribution in [1.82, 2.24) is 24.8 Å². The number of rotatable bonds is 11. The second-order valence-electron chi connectivity index (χ2n) is 18.0. The number of carbonyl (C=O) groups excluding carboxylic acids is 1. The number of hydrogen-bond donors (Lipinski definition) is 0. The largest absolute Gasteiger partial charge is 0.468 e. The Bertz CT molecular complexity index is 2140. The summed E-state index contributed by atoms with van der Waals surface area (Å²) in [7, 11) is -1.27. The Labute approximate surface area is 332 Å². The van der Waals surface area contributed by atoms with Crippen molar-refractivity contribution < 1.29 is 32.5 Å². The fraction of sp³-hybridized carbons (Fsp3) is 0.561. The molecule has 2 bridgehead atoms. The quantitative estimate of drug-likeness (QED) is 0.0833. The molecule has 15 heteroatoms. The van der Waals surface area contributed by atoms with E-state index in [2.05, 4.69) is 29.4 Å². The average Bonchev–Trinajstić information content (AvgIpc) is 3.65. The molecule has 2 aromatic heterocycles. The summed E-state index contributed by atoms with van der Waals surface area (Å²) >= 11 is 6.79. The lowest BCUT2D eigenvalue weighted by molar-refractivity contribution is 0.00842. The number of fused-ring (bicyclic) bond motifs is 5. The molecular weight excluding hydrogens is 758 g/mol. The number of anilines is 1. The summed E-state index contributed by atoms with van der Waals surface area (Å²) in [4.78, 5) is 33.6. The van der Waals surface area contributed by atoms with E-state index in [0.717, 1.165) is 37.2 Å². The molecule has 2 aromatic carbocycles. The van der Waals surface area contributed by atoms with E-state index in [4.69, 9.17) is 45.5 Å². The topological polar surface area (TPSA) is 102 Å². The van der Waals surface area contributed by atoms with Gasteiger partial charge in [-0.1, -0.05) is 43.4 Å². The third kappa shape index (κ3) is 7.86. The van der Waals surface area contributed by atoms with Gasteiger partial charge in [-0.25, -0.2) is 18.6 Å². The molecule has 11 nitrogen and oxygen atoms in total. The first kappa shape index (κ1) is 39.0. The maximum Gasteiger partial charge on any atom is 0.410 e. The summed E-state index contributed by atoms with van der Waals surface area (Å²) in [6.45, 7) is 15.4. The number of alkyl halides is 1. The summed E-state index contributed by atoms with van der Waals surface area (Å²) in [5.74, 6) is 0.392. The Hall–Kier alpha value is -3.85. The number of piperidine rings is 1. The molecule has 5 aliphatic heterocycles. The number of halogens is 3. The van der Waals surface area contributed by atoms with Crippen molar-refractivity contribution >= 4 is 53.4 Å². The van der Waals surface area contributed by atoms with Crippen LogP contribution in [0.1, 0.15) is 46.5 Å². The van der Waals surface area contributed by atoms with Crippen LogP contribution in [0, 0.1) is 5.82 Å². The van der Waals surface area contributed by atoms with Crippen LogP contribution >= 0.6 is 11.6 Å². The Kier molecular flexibility index (Phi) is 10.3. The fourth-order valence-corrected chi connectivity index (χ4v) is 9.74. The number of piperazine rings is 1. The van der Waals surface area contributed by atoms with Gasteiger partial charge in [0.05, 0.1) is 23.0 Å². The van der Waals surface area contributed by atoms with Gasteiger partial charge in [0, 0.05) is 56.7 Å². The predicted octanol–water partition coefficient (Wildman–Crippen LogP) is 8.48. The first-order chi connectivity index (χ1) is 26.6. The van der Waals surface area contributed by atoms with Crippen molar-refractivity contribution in [2.24, 2.45) is 0 Å². The number of carbonyl (C=O) groups is 1. The third-order valence-electron chi connectivity index (χ3n) is 11.4. The summed E-state index contributed by atoms with van der Waals surface area (Å²) in [6, 6.07) is 11.5. The van der Waals surface area contributed by atoms with Gasteiger partial charge in [0.1, 0.15) is 41.5 Å². The molecule has 0 radical (unpaired) electrons. The molecule has 4 aromatic rings. The summed E-state index contributed by atoms with van der Waals surface area (Å²) in [5, 5.41) is 2.24. The maximum atomic E-state index is 16.7. The first-order valence-electron chi connectivity index (χ1n) is 19.7. The van der Waals surface area contributed by atoms with Crippen LogP contribution in [-0.4, -0.2) is 114 Å². The molecule has 0 N–H and O–H groups in total. The molecule has 2 unspecified atom stereocenters. The fourth-order valence-electron chi connectivity index (χ4n) is 8.70. The minimum atomic E-state index is -1.27. The normalized spacial score (nSPS) is 23.8. The van der Waals surface area contributed by atoms with Gasteiger partial charge < -0.3 is 28.7 Å². The van der Waals surface area contributed by atoms with Crippen LogP contribution in [0.25, 0.3) is 33.1 Å². The minimum Gasteiger partial charge on any atom is -0.468 e. The summed E-state index contributed by atoms with van der Waals surface area (Å²) in [6.07, 6.45) is 1.76. The van der Waals surface area contributed by atoms with E-state index >= 15 is 4.39 Å². The maximum absolute atomic E-state index is 16.7. The molecule has 5 saturated heterocycles. The second kappa shape index (κ2) is 14.8. The Morgan fingerprint density at radius 2 is 1.84 bits per heavy atom. The van der Waals surface area contributed by atoms with Crippen molar-refractivity contribution in [3.63, 3.8) is 0 Å². The molecule has 0 aliphatic carbocycles. The van der Waals surface area contributed by atoms with Crippen LogP contribution in [0.4, 0.5) is 19.4 Å². The second-order valence-corrected chi connectivity index (χ2v) is 24.0. The molecule has 7 heterocycles. The molecule has 4 atom stereocenters. The van der Waals surface area contributed by atoms with E-state index in [-0.39, 0.29) is 48.9 Å². The average molecular weight is 809 g/mol. The van der Waals surface area contributed by atoms with E-state index in [1.54, 1.807) is 17.0 Å². The van der Waals surface area contributed by atoms with Gasteiger partial charge in [-0.05, 0) is 82.3 Å². The lowest BCUT2D eigenvalue weighted by atomic mass is 9.87. The number of amides is 1. The van der Waals surface area contributed by atoms with E-state index < -0.39 is 31.2 Å². The van der Waals surface area contributed by atoms with Gasteiger partial charge >= 0.3 is 12.1 Å². The SMILES string of the molecule is CC(C)(C)OC(=O)N1CC2CC(C1)N2c1nc(OC[C@@]23CCCN2C[C@H](F)C3)nc2nc(-c3cc(OCOCC[Si](C)(C)C)cc4cccc(Cl)c34)c(F)cc12. The molecule has 5 aliphatic rings. The van der Waals surface area contributed by atoms with Crippen molar-refractivity contribution in [3.05, 3.63) is 47.2 Å². The molecule has 5 fully saturated rings. The molecular formula is C41H51ClF2N6O5Si. The van der Waals surface area contributed by atoms with Crippen molar-refractivity contribution in [2.75, 3.05) is 51.1 Å². The van der Waals surface area contributed by atoms with Gasteiger partial charge in [0.2, 0.25) is 0 Å². The van der Waals surface area contributed by atoms with Crippen molar-refractivity contribution in [3.8, 4) is 23.0 Å². The number of aromatic nitrogens is 3. The number of nitrogens with zero attached hydrogens (tertiary/aromatic N) is 6. The standard InChI is InChI=1S/C41H51ClF2N6O5Si/c1-40(2,3)55-39(51)48-21-27-16-28(22-48)50(27)37-31-18-33(44)35(45-36(31)46-38(47-37)53-23-41-11-8-12-49(41)20-26(43)19-41)30-17-29(54-24-52-13-14-56(4,5)6)15-25-9-7-10-32(42)34(25)30/h7,9-10,15,17-18,26-28H,8,11-14,16,19-24H2,1-6H3/t26-,27?,28?,41+/m1/s1. The highest BCUT2D eigenvalue weighted by atomic mass is 35.5. The van der Waals surface area contributed by atoms with Crippen molar-refractivity contribution in [2.45, 2.75) is 102 Å². The van der Waals surface area contributed by atoms with Crippen LogP contribution in [0.3, 0.4) is 0 Å². The van der Waals surface area contributed by atoms with E-state index in [1.807, 2.05) is 39.0 Å². The molecule has 1 amide bonds. The smallest absolute Gasteiger partial charge is 0.410 e. The number of benzene rings is 2. The van der Waals surface area contributed by atoms with E-state index in [9.17, 15) is 9.18 Å². The molecule has 0 spiro atoms.